The summed E-state index contributed by atoms with van der Waals surface area (Å²) in [6, 6.07) is 0. The summed E-state index contributed by atoms with van der Waals surface area (Å²) >= 11 is 1.69. The average Bonchev–Trinajstić information content (AvgIpc) is 2.80. The molecule has 2 rings (SSSR count). The summed E-state index contributed by atoms with van der Waals surface area (Å²) in [6.07, 6.45) is 10.8. The smallest absolute Gasteiger partial charge is 0.116 e. The first-order valence-corrected chi connectivity index (χ1v) is 6.58. The van der Waals surface area contributed by atoms with Crippen LogP contribution >= 0.6 is 11.3 Å². The minimum Gasteiger partial charge on any atom is -0.327 e. The zero-order valence-electron chi connectivity index (χ0n) is 8.98. The minimum atomic E-state index is 0.685. The van der Waals surface area contributed by atoms with Crippen molar-refractivity contribution >= 4 is 17.4 Å². The van der Waals surface area contributed by atoms with Gasteiger partial charge in [0.2, 0.25) is 0 Å². The molecule has 0 atom stereocenters. The van der Waals surface area contributed by atoms with Gasteiger partial charge in [-0.05, 0) is 24.8 Å². The van der Waals surface area contributed by atoms with Gasteiger partial charge in [0.25, 0.3) is 0 Å². The van der Waals surface area contributed by atoms with E-state index in [1.54, 1.807) is 11.3 Å². The first-order valence-electron chi connectivity index (χ1n) is 5.70. The van der Waals surface area contributed by atoms with Crippen molar-refractivity contribution < 1.29 is 0 Å². The maximum atomic E-state index is 5.83. The summed E-state index contributed by atoms with van der Waals surface area (Å²) in [5.41, 5.74) is 7.22. The molecule has 2 nitrogen and oxygen atoms in total. The number of hydrogen-bond donors (Lipinski definition) is 1. The molecule has 1 aromatic heterocycles. The van der Waals surface area contributed by atoms with E-state index >= 15 is 0 Å². The third kappa shape index (κ3) is 2.89. The molecule has 15 heavy (non-hydrogen) atoms. The van der Waals surface area contributed by atoms with Gasteiger partial charge in [-0.15, -0.1) is 11.3 Å². The normalized spacial score (nSPS) is 19.4. The molecular formula is C12H18N2S. The summed E-state index contributed by atoms with van der Waals surface area (Å²) < 4.78 is 0. The van der Waals surface area contributed by atoms with E-state index in [-0.39, 0.29) is 0 Å². The van der Waals surface area contributed by atoms with Crippen molar-refractivity contribution in [2.75, 3.05) is 6.54 Å². The highest BCUT2D eigenvalue weighted by atomic mass is 32.1. The monoisotopic (exact) mass is 222 g/mol. The number of aromatic nitrogens is 1. The Hall–Kier alpha value is -0.670. The van der Waals surface area contributed by atoms with Crippen molar-refractivity contribution in [1.29, 1.82) is 0 Å². The summed E-state index contributed by atoms with van der Waals surface area (Å²) in [4.78, 5) is 4.29. The first kappa shape index (κ1) is 10.8. The van der Waals surface area contributed by atoms with Gasteiger partial charge < -0.3 is 5.73 Å². The van der Waals surface area contributed by atoms with Crippen LogP contribution in [0, 0.1) is 5.92 Å². The SMILES string of the molecule is NC/C(=C/c1nccs1)C1CCCCC1. The second-order valence-electron chi connectivity index (χ2n) is 4.13. The van der Waals surface area contributed by atoms with E-state index in [9.17, 15) is 0 Å². The predicted molar refractivity (Wildman–Crippen MR) is 65.7 cm³/mol. The van der Waals surface area contributed by atoms with E-state index in [4.69, 9.17) is 5.73 Å². The Morgan fingerprint density at radius 2 is 2.27 bits per heavy atom. The number of nitrogens with two attached hydrogens (primary N) is 1. The number of rotatable bonds is 3. The van der Waals surface area contributed by atoms with Crippen molar-refractivity contribution in [3.05, 3.63) is 22.2 Å². The lowest BCUT2D eigenvalue weighted by Gasteiger charge is -2.23. The third-order valence-corrected chi connectivity index (χ3v) is 3.85. The van der Waals surface area contributed by atoms with Crippen molar-refractivity contribution in [2.45, 2.75) is 32.1 Å². The van der Waals surface area contributed by atoms with Crippen LogP contribution in [-0.2, 0) is 0 Å². The van der Waals surface area contributed by atoms with Gasteiger partial charge in [0, 0.05) is 18.1 Å². The standard InChI is InChI=1S/C12H18N2S/c13-9-11(8-12-14-6-7-15-12)10-4-2-1-3-5-10/h6-8,10H,1-5,9,13H2/b11-8-. The van der Waals surface area contributed by atoms with Gasteiger partial charge in [-0.1, -0.05) is 24.8 Å². The maximum absolute atomic E-state index is 5.83. The molecule has 1 aliphatic carbocycles. The first-order chi connectivity index (χ1) is 7.40. The zero-order valence-corrected chi connectivity index (χ0v) is 9.80. The van der Waals surface area contributed by atoms with E-state index in [0.29, 0.717) is 12.5 Å². The van der Waals surface area contributed by atoms with E-state index in [1.807, 2.05) is 11.6 Å². The Kier molecular flexibility index (Phi) is 3.92. The lowest BCUT2D eigenvalue weighted by Crippen LogP contribution is -2.16. The third-order valence-electron chi connectivity index (χ3n) is 3.13. The van der Waals surface area contributed by atoms with Crippen LogP contribution < -0.4 is 5.73 Å². The minimum absolute atomic E-state index is 0.685. The largest absolute Gasteiger partial charge is 0.327 e. The molecule has 0 radical (unpaired) electrons. The quantitative estimate of drug-likeness (QED) is 0.853. The van der Waals surface area contributed by atoms with Gasteiger partial charge in [0.15, 0.2) is 0 Å². The molecule has 1 aliphatic rings. The Morgan fingerprint density at radius 3 is 2.87 bits per heavy atom. The molecule has 0 amide bonds. The second-order valence-corrected chi connectivity index (χ2v) is 5.05. The van der Waals surface area contributed by atoms with Crippen molar-refractivity contribution in [1.82, 2.24) is 4.98 Å². The summed E-state index contributed by atoms with van der Waals surface area (Å²) in [5, 5.41) is 3.11. The molecule has 1 fully saturated rings. The van der Waals surface area contributed by atoms with Gasteiger partial charge >= 0.3 is 0 Å². The highest BCUT2D eigenvalue weighted by Gasteiger charge is 2.16. The second kappa shape index (κ2) is 5.42. The molecule has 82 valence electrons. The summed E-state index contributed by atoms with van der Waals surface area (Å²) in [6.45, 7) is 0.685. The number of hydrogen-bond acceptors (Lipinski definition) is 3. The van der Waals surface area contributed by atoms with Crippen LogP contribution in [-0.4, -0.2) is 11.5 Å². The van der Waals surface area contributed by atoms with Crippen molar-refractivity contribution in [3.63, 3.8) is 0 Å². The van der Waals surface area contributed by atoms with E-state index in [1.165, 1.54) is 37.7 Å². The number of nitrogens with zero attached hydrogens (tertiary/aromatic N) is 1. The van der Waals surface area contributed by atoms with Crippen molar-refractivity contribution in [3.8, 4) is 0 Å². The lowest BCUT2D eigenvalue weighted by molar-refractivity contribution is 0.401. The van der Waals surface area contributed by atoms with Crippen LogP contribution in [0.15, 0.2) is 17.2 Å². The zero-order chi connectivity index (χ0) is 10.5. The molecular weight excluding hydrogens is 204 g/mol. The van der Waals surface area contributed by atoms with Crippen LogP contribution in [0.1, 0.15) is 37.1 Å². The molecule has 0 spiro atoms. The van der Waals surface area contributed by atoms with Crippen molar-refractivity contribution in [2.24, 2.45) is 11.7 Å². The van der Waals surface area contributed by atoms with Crippen LogP contribution in [0.5, 0.6) is 0 Å². The highest BCUT2D eigenvalue weighted by Crippen LogP contribution is 2.30. The topological polar surface area (TPSA) is 38.9 Å². The van der Waals surface area contributed by atoms with Gasteiger partial charge in [0.05, 0.1) is 0 Å². The molecule has 2 N–H and O–H groups in total. The molecule has 1 heterocycles. The fraction of sp³-hybridized carbons (Fsp3) is 0.583. The van der Waals surface area contributed by atoms with Gasteiger partial charge in [-0.3, -0.25) is 0 Å². The maximum Gasteiger partial charge on any atom is 0.116 e. The van der Waals surface area contributed by atoms with Crippen LogP contribution in [0.4, 0.5) is 0 Å². The van der Waals surface area contributed by atoms with E-state index in [0.717, 1.165) is 5.01 Å². The molecule has 0 aliphatic heterocycles. The molecule has 1 aromatic rings. The van der Waals surface area contributed by atoms with Gasteiger partial charge in [0.1, 0.15) is 5.01 Å². The number of thiazole rings is 1. The van der Waals surface area contributed by atoms with Crippen LogP contribution in [0.25, 0.3) is 6.08 Å². The van der Waals surface area contributed by atoms with E-state index in [2.05, 4.69) is 11.1 Å². The Morgan fingerprint density at radius 1 is 1.47 bits per heavy atom. The molecule has 3 heteroatoms. The van der Waals surface area contributed by atoms with Gasteiger partial charge in [-0.25, -0.2) is 4.98 Å². The fourth-order valence-corrected chi connectivity index (χ4v) is 2.88. The predicted octanol–water partition coefficient (Wildman–Crippen LogP) is 3.07. The van der Waals surface area contributed by atoms with Crippen LogP contribution in [0.2, 0.25) is 0 Å². The summed E-state index contributed by atoms with van der Waals surface area (Å²) in [7, 11) is 0. The Balaban J connectivity index is 2.08. The summed E-state index contributed by atoms with van der Waals surface area (Å²) in [5.74, 6) is 0.715. The van der Waals surface area contributed by atoms with E-state index < -0.39 is 0 Å². The van der Waals surface area contributed by atoms with Crippen LogP contribution in [0.3, 0.4) is 0 Å². The molecule has 0 bridgehead atoms. The Labute approximate surface area is 95.2 Å². The average molecular weight is 222 g/mol. The molecule has 0 unspecified atom stereocenters. The Bertz CT molecular complexity index is 310. The fourth-order valence-electron chi connectivity index (χ4n) is 2.28. The molecule has 1 saturated carbocycles. The highest BCUT2D eigenvalue weighted by molar-refractivity contribution is 7.10. The molecule has 0 saturated heterocycles. The molecule has 0 aromatic carbocycles. The van der Waals surface area contributed by atoms with Gasteiger partial charge in [-0.2, -0.15) is 0 Å². The lowest BCUT2D eigenvalue weighted by atomic mass is 9.83.